The number of aromatic amines is 2. The van der Waals surface area contributed by atoms with E-state index in [1.54, 1.807) is 11.0 Å². The van der Waals surface area contributed by atoms with Gasteiger partial charge in [-0.05, 0) is 31.5 Å². The molecule has 3 N–H and O–H groups in total. The zero-order valence-electron chi connectivity index (χ0n) is 13.9. The van der Waals surface area contributed by atoms with Crippen molar-refractivity contribution >= 4 is 34.3 Å². The number of rotatable bonds is 2. The Balaban J connectivity index is 1.62. The van der Waals surface area contributed by atoms with E-state index in [0.29, 0.717) is 5.95 Å². The van der Waals surface area contributed by atoms with Crippen LogP contribution in [0.2, 0.25) is 0 Å². The second-order valence-electron chi connectivity index (χ2n) is 6.23. The summed E-state index contributed by atoms with van der Waals surface area (Å²) in [5.74, 6) is 1.65. The Labute approximate surface area is 148 Å². The maximum atomic E-state index is 4.54. The van der Waals surface area contributed by atoms with Crippen LogP contribution in [0.15, 0.2) is 29.4 Å². The molecule has 0 radical (unpaired) electrons. The van der Waals surface area contributed by atoms with Gasteiger partial charge in [0.25, 0.3) is 0 Å². The van der Waals surface area contributed by atoms with E-state index in [-0.39, 0.29) is 0 Å². The summed E-state index contributed by atoms with van der Waals surface area (Å²) in [4.78, 5) is 9.04. The molecular weight excluding hydrogens is 334 g/mol. The normalized spacial score (nSPS) is 13.5. The molecule has 8 heteroatoms. The van der Waals surface area contributed by atoms with Crippen molar-refractivity contribution in [1.82, 2.24) is 29.9 Å². The molecule has 0 saturated heterocycles. The van der Waals surface area contributed by atoms with E-state index >= 15 is 0 Å². The summed E-state index contributed by atoms with van der Waals surface area (Å²) in [6.45, 7) is 2.09. The van der Waals surface area contributed by atoms with Gasteiger partial charge in [-0.25, -0.2) is 4.98 Å². The van der Waals surface area contributed by atoms with E-state index in [0.717, 1.165) is 40.5 Å². The van der Waals surface area contributed by atoms with Crippen molar-refractivity contribution < 1.29 is 0 Å². The van der Waals surface area contributed by atoms with Crippen LogP contribution in [0.3, 0.4) is 0 Å². The largest absolute Gasteiger partial charge is 0.352 e. The Morgan fingerprint density at radius 2 is 2.24 bits per heavy atom. The highest BCUT2D eigenvalue weighted by Crippen LogP contribution is 2.42. The minimum absolute atomic E-state index is 0.598. The monoisotopic (exact) mass is 351 g/mol. The van der Waals surface area contributed by atoms with E-state index in [1.807, 2.05) is 24.9 Å². The Morgan fingerprint density at radius 3 is 3.08 bits per heavy atom. The van der Waals surface area contributed by atoms with Crippen LogP contribution in [-0.2, 0) is 13.5 Å². The van der Waals surface area contributed by atoms with Crippen LogP contribution in [0, 0.1) is 6.92 Å². The van der Waals surface area contributed by atoms with E-state index in [4.69, 9.17) is 0 Å². The number of H-pyrrole nitrogens is 2. The van der Waals surface area contributed by atoms with Crippen LogP contribution in [0.5, 0.6) is 0 Å². The highest BCUT2D eigenvalue weighted by Gasteiger charge is 2.23. The van der Waals surface area contributed by atoms with Crippen molar-refractivity contribution in [3.05, 3.63) is 35.8 Å². The van der Waals surface area contributed by atoms with Crippen molar-refractivity contribution in [3.63, 3.8) is 0 Å². The van der Waals surface area contributed by atoms with Crippen molar-refractivity contribution in [2.24, 2.45) is 7.05 Å². The summed E-state index contributed by atoms with van der Waals surface area (Å²) >= 11 is 1.89. The number of thioether (sulfide) groups is 1. The number of nitrogens with one attached hydrogen (secondary N) is 3. The highest BCUT2D eigenvalue weighted by atomic mass is 32.2. The van der Waals surface area contributed by atoms with E-state index in [1.165, 1.54) is 15.8 Å². The number of benzene rings is 1. The van der Waals surface area contributed by atoms with Crippen LogP contribution in [0.25, 0.3) is 22.3 Å². The second-order valence-corrected chi connectivity index (χ2v) is 7.34. The molecule has 4 heterocycles. The fourth-order valence-electron chi connectivity index (χ4n) is 3.31. The summed E-state index contributed by atoms with van der Waals surface area (Å²) in [6, 6.07) is 6.28. The molecule has 5 rings (SSSR count). The number of nitrogens with zero attached hydrogens (tertiary/aromatic N) is 4. The van der Waals surface area contributed by atoms with Gasteiger partial charge in [0.1, 0.15) is 12.0 Å². The molecule has 0 saturated carbocycles. The lowest BCUT2D eigenvalue weighted by molar-refractivity contribution is 0.768. The van der Waals surface area contributed by atoms with Crippen molar-refractivity contribution in [2.45, 2.75) is 18.2 Å². The minimum atomic E-state index is 0.598. The summed E-state index contributed by atoms with van der Waals surface area (Å²) in [5, 5.41) is 16.4. The zero-order chi connectivity index (χ0) is 17.0. The van der Waals surface area contributed by atoms with Gasteiger partial charge < -0.3 is 10.3 Å². The van der Waals surface area contributed by atoms with Crippen LogP contribution in [0.4, 0.5) is 11.6 Å². The quantitative estimate of drug-likeness (QED) is 0.515. The smallest absolute Gasteiger partial charge is 0.246 e. The molecule has 25 heavy (non-hydrogen) atoms. The highest BCUT2D eigenvalue weighted by molar-refractivity contribution is 7.99. The number of aromatic nitrogens is 6. The van der Waals surface area contributed by atoms with Crippen LogP contribution < -0.4 is 5.32 Å². The Hall–Kier alpha value is -2.74. The molecule has 1 aliphatic rings. The SMILES string of the molecule is Cc1[nH]nc2c1CCSc1c-2[nH]c2ccc(Nc3ncn(C)n3)cc12. The van der Waals surface area contributed by atoms with Gasteiger partial charge in [-0.1, -0.05) is 0 Å². The molecule has 0 fully saturated rings. The summed E-state index contributed by atoms with van der Waals surface area (Å²) in [6.07, 6.45) is 2.71. The predicted molar refractivity (Wildman–Crippen MR) is 99.3 cm³/mol. The van der Waals surface area contributed by atoms with Gasteiger partial charge >= 0.3 is 0 Å². The lowest BCUT2D eigenvalue weighted by atomic mass is 10.1. The first-order chi connectivity index (χ1) is 12.2. The Morgan fingerprint density at radius 1 is 1.32 bits per heavy atom. The molecule has 0 atom stereocenters. The summed E-state index contributed by atoms with van der Waals surface area (Å²) in [5.41, 5.74) is 6.73. The van der Waals surface area contributed by atoms with Gasteiger partial charge in [0, 0.05) is 45.5 Å². The van der Waals surface area contributed by atoms with Crippen LogP contribution >= 0.6 is 11.8 Å². The van der Waals surface area contributed by atoms with E-state index in [2.05, 4.69) is 49.6 Å². The number of aryl methyl sites for hydroxylation is 2. The molecule has 0 amide bonds. The van der Waals surface area contributed by atoms with Crippen molar-refractivity contribution in [3.8, 4) is 11.4 Å². The summed E-state index contributed by atoms with van der Waals surface area (Å²) in [7, 11) is 1.85. The molecule has 0 spiro atoms. The number of hydrogen-bond acceptors (Lipinski definition) is 5. The summed E-state index contributed by atoms with van der Waals surface area (Å²) < 4.78 is 1.68. The average molecular weight is 351 g/mol. The van der Waals surface area contributed by atoms with Crippen LogP contribution in [0.1, 0.15) is 11.3 Å². The van der Waals surface area contributed by atoms with E-state index < -0.39 is 0 Å². The first-order valence-electron chi connectivity index (χ1n) is 8.14. The van der Waals surface area contributed by atoms with Gasteiger partial charge in [0.15, 0.2) is 0 Å². The van der Waals surface area contributed by atoms with Gasteiger partial charge in [-0.3, -0.25) is 9.78 Å². The van der Waals surface area contributed by atoms with E-state index in [9.17, 15) is 0 Å². The molecular formula is C17H17N7S. The molecule has 4 aromatic rings. The standard InChI is InChI=1S/C17H17N7S/c1-9-11-5-6-25-16-12-7-10(19-17-18-8-24(2)23-17)3-4-13(12)20-15(16)14(11)22-21-9/h3-4,7-8,20H,5-6H2,1-2H3,(H,19,23)(H,21,22). The minimum Gasteiger partial charge on any atom is -0.352 e. The second kappa shape index (κ2) is 5.38. The molecule has 126 valence electrons. The number of hydrogen-bond donors (Lipinski definition) is 3. The zero-order valence-corrected chi connectivity index (χ0v) is 14.7. The molecule has 1 aromatic carbocycles. The maximum Gasteiger partial charge on any atom is 0.246 e. The molecule has 1 aliphatic heterocycles. The first-order valence-corrected chi connectivity index (χ1v) is 9.13. The molecule has 0 aliphatic carbocycles. The number of anilines is 2. The molecule has 0 bridgehead atoms. The fraction of sp³-hybridized carbons (Fsp3) is 0.235. The van der Waals surface area contributed by atoms with Gasteiger partial charge in [0.2, 0.25) is 5.95 Å². The predicted octanol–water partition coefficient (Wildman–Crippen LogP) is 3.39. The van der Waals surface area contributed by atoms with Gasteiger partial charge in [0.05, 0.1) is 5.69 Å². The lowest BCUT2D eigenvalue weighted by Gasteiger charge is -2.03. The fourth-order valence-corrected chi connectivity index (χ4v) is 4.43. The third-order valence-electron chi connectivity index (χ3n) is 4.52. The molecule has 7 nitrogen and oxygen atoms in total. The van der Waals surface area contributed by atoms with Crippen molar-refractivity contribution in [1.29, 1.82) is 0 Å². The third kappa shape index (κ3) is 2.32. The van der Waals surface area contributed by atoms with Gasteiger partial charge in [-0.15, -0.1) is 16.9 Å². The molecule has 3 aromatic heterocycles. The number of fused-ring (bicyclic) bond motifs is 5. The Bertz CT molecular complexity index is 1090. The van der Waals surface area contributed by atoms with Crippen molar-refractivity contribution in [2.75, 3.05) is 11.1 Å². The average Bonchev–Trinajstić information content (AvgIpc) is 3.23. The van der Waals surface area contributed by atoms with Gasteiger partial charge in [-0.2, -0.15) is 5.10 Å². The maximum absolute atomic E-state index is 4.54. The lowest BCUT2D eigenvalue weighted by Crippen LogP contribution is -1.94. The topological polar surface area (TPSA) is 87.2 Å². The Kier molecular flexibility index (Phi) is 3.14. The first kappa shape index (κ1) is 14.6. The van der Waals surface area contributed by atoms with Crippen LogP contribution in [-0.4, -0.2) is 35.7 Å². The third-order valence-corrected chi connectivity index (χ3v) is 5.64. The molecule has 0 unspecified atom stereocenters.